The standard InChI is InChI=1S/C15H11N3O3/c19-15(9-11-5-7-12(8-6-11)18(20)21)17-10-16-13-3-1-2-4-14(13)17/h1-8,10H,9H2. The lowest BCUT2D eigenvalue weighted by molar-refractivity contribution is -0.384. The van der Waals surface area contributed by atoms with Gasteiger partial charge in [-0.3, -0.25) is 19.5 Å². The Morgan fingerprint density at radius 3 is 2.57 bits per heavy atom. The summed E-state index contributed by atoms with van der Waals surface area (Å²) in [6, 6.07) is 13.4. The van der Waals surface area contributed by atoms with E-state index in [0.717, 1.165) is 16.6 Å². The van der Waals surface area contributed by atoms with Crippen LogP contribution in [0.1, 0.15) is 10.4 Å². The normalized spacial score (nSPS) is 10.7. The van der Waals surface area contributed by atoms with E-state index >= 15 is 0 Å². The third-order valence-corrected chi connectivity index (χ3v) is 3.22. The third kappa shape index (κ3) is 2.51. The highest BCUT2D eigenvalue weighted by Gasteiger charge is 2.11. The van der Waals surface area contributed by atoms with Crippen LogP contribution in [0.5, 0.6) is 0 Å². The number of hydrogen-bond acceptors (Lipinski definition) is 4. The summed E-state index contributed by atoms with van der Waals surface area (Å²) in [5.41, 5.74) is 2.25. The van der Waals surface area contributed by atoms with Gasteiger partial charge in [-0.2, -0.15) is 0 Å². The molecule has 21 heavy (non-hydrogen) atoms. The second-order valence-corrected chi connectivity index (χ2v) is 4.60. The molecule has 0 radical (unpaired) electrons. The van der Waals surface area contributed by atoms with Crippen molar-refractivity contribution < 1.29 is 9.72 Å². The molecule has 0 saturated carbocycles. The van der Waals surface area contributed by atoms with Crippen LogP contribution in [-0.2, 0) is 6.42 Å². The molecule has 3 rings (SSSR count). The molecule has 1 aromatic heterocycles. The molecule has 0 saturated heterocycles. The van der Waals surface area contributed by atoms with Crippen molar-refractivity contribution in [2.75, 3.05) is 0 Å². The van der Waals surface area contributed by atoms with E-state index in [0.29, 0.717) is 0 Å². The van der Waals surface area contributed by atoms with Crippen molar-refractivity contribution in [1.82, 2.24) is 9.55 Å². The van der Waals surface area contributed by atoms with Crippen molar-refractivity contribution in [2.24, 2.45) is 0 Å². The Bertz CT molecular complexity index is 822. The molecular formula is C15H11N3O3. The van der Waals surface area contributed by atoms with Gasteiger partial charge in [-0.1, -0.05) is 24.3 Å². The molecule has 0 aliphatic rings. The van der Waals surface area contributed by atoms with E-state index in [4.69, 9.17) is 0 Å². The van der Waals surface area contributed by atoms with E-state index in [1.807, 2.05) is 24.3 Å². The number of para-hydroxylation sites is 2. The number of carbonyl (C=O) groups excluding carboxylic acids is 1. The number of benzene rings is 2. The Kier molecular flexibility index (Phi) is 3.19. The maximum Gasteiger partial charge on any atom is 0.269 e. The molecule has 6 nitrogen and oxygen atoms in total. The van der Waals surface area contributed by atoms with Gasteiger partial charge in [0.2, 0.25) is 5.91 Å². The molecule has 0 unspecified atom stereocenters. The maximum atomic E-state index is 12.3. The zero-order chi connectivity index (χ0) is 14.8. The summed E-state index contributed by atoms with van der Waals surface area (Å²) in [5, 5.41) is 10.6. The average molecular weight is 281 g/mol. The van der Waals surface area contributed by atoms with Gasteiger partial charge in [0, 0.05) is 12.1 Å². The number of carbonyl (C=O) groups is 1. The number of imidazole rings is 1. The molecule has 0 bridgehead atoms. The quantitative estimate of drug-likeness (QED) is 0.546. The number of nitro groups is 1. The van der Waals surface area contributed by atoms with Crippen LogP contribution in [0.25, 0.3) is 11.0 Å². The summed E-state index contributed by atoms with van der Waals surface area (Å²) >= 11 is 0. The number of nitro benzene ring substituents is 1. The fourth-order valence-electron chi connectivity index (χ4n) is 2.15. The summed E-state index contributed by atoms with van der Waals surface area (Å²) < 4.78 is 1.50. The van der Waals surface area contributed by atoms with Gasteiger partial charge >= 0.3 is 0 Å². The summed E-state index contributed by atoms with van der Waals surface area (Å²) in [6.07, 6.45) is 1.66. The predicted octanol–water partition coefficient (Wildman–Crippen LogP) is 2.83. The Balaban J connectivity index is 1.84. The third-order valence-electron chi connectivity index (χ3n) is 3.22. The molecule has 2 aromatic carbocycles. The first-order valence-corrected chi connectivity index (χ1v) is 6.34. The van der Waals surface area contributed by atoms with Crippen molar-refractivity contribution in [1.29, 1.82) is 0 Å². The minimum atomic E-state index is -0.463. The van der Waals surface area contributed by atoms with Crippen LogP contribution >= 0.6 is 0 Å². The van der Waals surface area contributed by atoms with E-state index in [9.17, 15) is 14.9 Å². The van der Waals surface area contributed by atoms with Gasteiger partial charge in [-0.15, -0.1) is 0 Å². The van der Waals surface area contributed by atoms with Gasteiger partial charge in [-0.05, 0) is 17.7 Å². The first kappa shape index (κ1) is 13.0. The molecule has 0 aliphatic carbocycles. The molecule has 1 heterocycles. The fraction of sp³-hybridized carbons (Fsp3) is 0.0667. The Hall–Kier alpha value is -3.02. The van der Waals surface area contributed by atoms with Crippen LogP contribution in [0.2, 0.25) is 0 Å². The summed E-state index contributed by atoms with van der Waals surface area (Å²) in [4.78, 5) is 26.6. The molecule has 0 aliphatic heterocycles. The summed E-state index contributed by atoms with van der Waals surface area (Å²) in [5.74, 6) is -0.127. The molecule has 6 heteroatoms. The molecule has 104 valence electrons. The summed E-state index contributed by atoms with van der Waals surface area (Å²) in [6.45, 7) is 0. The first-order chi connectivity index (χ1) is 10.1. The second-order valence-electron chi connectivity index (χ2n) is 4.60. The number of nitrogens with zero attached hydrogens (tertiary/aromatic N) is 3. The zero-order valence-electron chi connectivity index (χ0n) is 11.0. The van der Waals surface area contributed by atoms with Gasteiger partial charge in [0.15, 0.2) is 0 Å². The van der Waals surface area contributed by atoms with E-state index < -0.39 is 4.92 Å². The largest absolute Gasteiger partial charge is 0.274 e. The van der Waals surface area contributed by atoms with Crippen molar-refractivity contribution in [2.45, 2.75) is 6.42 Å². The highest BCUT2D eigenvalue weighted by molar-refractivity contribution is 5.91. The van der Waals surface area contributed by atoms with Crippen molar-refractivity contribution in [3.05, 3.63) is 70.5 Å². The van der Waals surface area contributed by atoms with Crippen LogP contribution in [0, 0.1) is 10.1 Å². The van der Waals surface area contributed by atoms with E-state index in [-0.39, 0.29) is 18.0 Å². The number of hydrogen-bond donors (Lipinski definition) is 0. The topological polar surface area (TPSA) is 78.0 Å². The minimum Gasteiger partial charge on any atom is -0.274 e. The van der Waals surface area contributed by atoms with Gasteiger partial charge < -0.3 is 0 Å². The lowest BCUT2D eigenvalue weighted by Crippen LogP contribution is -2.12. The number of aromatic nitrogens is 2. The second kappa shape index (κ2) is 5.16. The Morgan fingerprint density at radius 1 is 1.14 bits per heavy atom. The molecule has 0 fully saturated rings. The van der Waals surface area contributed by atoms with Crippen LogP contribution in [0.15, 0.2) is 54.9 Å². The Labute approximate surface area is 119 Å². The van der Waals surface area contributed by atoms with Gasteiger partial charge in [-0.25, -0.2) is 4.98 Å². The van der Waals surface area contributed by atoms with E-state index in [1.165, 1.54) is 23.0 Å². The molecule has 0 N–H and O–H groups in total. The first-order valence-electron chi connectivity index (χ1n) is 6.34. The zero-order valence-corrected chi connectivity index (χ0v) is 11.0. The molecule has 3 aromatic rings. The van der Waals surface area contributed by atoms with Gasteiger partial charge in [0.1, 0.15) is 6.33 Å². The monoisotopic (exact) mass is 281 g/mol. The predicted molar refractivity (Wildman–Crippen MR) is 77.2 cm³/mol. The smallest absolute Gasteiger partial charge is 0.269 e. The van der Waals surface area contributed by atoms with Crippen molar-refractivity contribution in [3.63, 3.8) is 0 Å². The Morgan fingerprint density at radius 2 is 1.86 bits per heavy atom. The summed E-state index contributed by atoms with van der Waals surface area (Å²) in [7, 11) is 0. The minimum absolute atomic E-state index is 0.0132. The maximum absolute atomic E-state index is 12.3. The van der Waals surface area contributed by atoms with Crippen molar-refractivity contribution in [3.8, 4) is 0 Å². The van der Waals surface area contributed by atoms with Crippen molar-refractivity contribution >= 4 is 22.6 Å². The fourth-order valence-corrected chi connectivity index (χ4v) is 2.15. The number of fused-ring (bicyclic) bond motifs is 1. The molecule has 0 spiro atoms. The number of rotatable bonds is 3. The van der Waals surface area contributed by atoms with Gasteiger partial charge in [0.05, 0.1) is 22.4 Å². The SMILES string of the molecule is O=C(Cc1ccc([N+](=O)[O-])cc1)n1cnc2ccccc21. The lowest BCUT2D eigenvalue weighted by atomic mass is 10.1. The molecular weight excluding hydrogens is 270 g/mol. The van der Waals surface area contributed by atoms with Crippen LogP contribution in [0.4, 0.5) is 5.69 Å². The van der Waals surface area contributed by atoms with Crippen LogP contribution in [0.3, 0.4) is 0 Å². The van der Waals surface area contributed by atoms with Crippen LogP contribution in [-0.4, -0.2) is 20.4 Å². The van der Waals surface area contributed by atoms with Crippen LogP contribution < -0.4 is 0 Å². The highest BCUT2D eigenvalue weighted by atomic mass is 16.6. The highest BCUT2D eigenvalue weighted by Crippen LogP contribution is 2.15. The average Bonchev–Trinajstić information content (AvgIpc) is 2.92. The van der Waals surface area contributed by atoms with Gasteiger partial charge in [0.25, 0.3) is 5.69 Å². The lowest BCUT2D eigenvalue weighted by Gasteiger charge is -2.03. The molecule has 0 atom stereocenters. The molecule has 0 amide bonds. The number of non-ortho nitro benzene ring substituents is 1. The van der Waals surface area contributed by atoms with E-state index in [1.54, 1.807) is 12.1 Å². The van der Waals surface area contributed by atoms with E-state index in [2.05, 4.69) is 4.98 Å².